The van der Waals surface area contributed by atoms with Crippen LogP contribution in [0.4, 0.5) is 10.6 Å². The fourth-order valence-electron chi connectivity index (χ4n) is 3.47. The van der Waals surface area contributed by atoms with Crippen LogP contribution in [0.1, 0.15) is 67.5 Å². The third-order valence-corrected chi connectivity index (χ3v) is 10.6. The Morgan fingerprint density at radius 2 is 1.91 bits per heavy atom. The van der Waals surface area contributed by atoms with Gasteiger partial charge >= 0.3 is 6.09 Å². The van der Waals surface area contributed by atoms with E-state index in [4.69, 9.17) is 13.9 Å². The number of aromatic nitrogens is 4. The number of fused-ring (bicyclic) bond motifs is 1. The van der Waals surface area contributed by atoms with E-state index < -0.39 is 20.0 Å². The van der Waals surface area contributed by atoms with Gasteiger partial charge in [-0.25, -0.2) is 19.7 Å². The standard InChI is InChI=1S/C22H37N5O4Si/c1-10-14-15(31-32(8,9)22(5,6)7)11-16(29-14)27-13-25-17-18(23-12-24-19(17)27)26-20(28)30-21(2,3)4/h12-16H,10-11H2,1-9H3,(H,23,24,26,28)/t14-,15?,16-/m1/s1. The Hall–Kier alpha value is -2.04. The summed E-state index contributed by atoms with van der Waals surface area (Å²) in [6.07, 6.45) is 3.87. The van der Waals surface area contributed by atoms with Crippen LogP contribution in [0.5, 0.6) is 0 Å². The molecule has 0 spiro atoms. The molecule has 0 saturated carbocycles. The second kappa shape index (κ2) is 8.72. The second-order valence-electron chi connectivity index (χ2n) is 10.9. The van der Waals surface area contributed by atoms with Crippen molar-refractivity contribution in [2.75, 3.05) is 5.32 Å². The van der Waals surface area contributed by atoms with Gasteiger partial charge in [-0.05, 0) is 45.3 Å². The van der Waals surface area contributed by atoms with Crippen LogP contribution in [-0.2, 0) is 13.9 Å². The molecule has 1 saturated heterocycles. The Morgan fingerprint density at radius 3 is 2.50 bits per heavy atom. The zero-order valence-corrected chi connectivity index (χ0v) is 21.7. The van der Waals surface area contributed by atoms with Crippen molar-refractivity contribution in [2.45, 2.75) is 103 Å². The van der Waals surface area contributed by atoms with Gasteiger partial charge in [0.1, 0.15) is 18.2 Å². The topological polar surface area (TPSA) is 100 Å². The Balaban J connectivity index is 1.82. The Bertz CT molecular complexity index is 963. The van der Waals surface area contributed by atoms with Crippen LogP contribution < -0.4 is 5.32 Å². The molecular formula is C22H37N5O4Si. The number of nitrogens with zero attached hydrogens (tertiary/aromatic N) is 4. The molecule has 32 heavy (non-hydrogen) atoms. The monoisotopic (exact) mass is 463 g/mol. The number of amides is 1. The molecule has 1 fully saturated rings. The molecule has 1 N–H and O–H groups in total. The number of hydrogen-bond donors (Lipinski definition) is 1. The van der Waals surface area contributed by atoms with Crippen LogP contribution in [0.2, 0.25) is 18.1 Å². The number of anilines is 1. The quantitative estimate of drug-likeness (QED) is 0.603. The molecule has 3 atom stereocenters. The fourth-order valence-corrected chi connectivity index (χ4v) is 4.83. The van der Waals surface area contributed by atoms with E-state index in [0.717, 1.165) is 12.8 Å². The van der Waals surface area contributed by atoms with Gasteiger partial charge in [-0.1, -0.05) is 27.7 Å². The van der Waals surface area contributed by atoms with E-state index in [1.807, 2.05) is 4.57 Å². The minimum atomic E-state index is -1.94. The highest BCUT2D eigenvalue weighted by Crippen LogP contribution is 2.42. The van der Waals surface area contributed by atoms with Crippen LogP contribution in [0.3, 0.4) is 0 Å². The van der Waals surface area contributed by atoms with Crippen molar-refractivity contribution < 1.29 is 18.7 Å². The van der Waals surface area contributed by atoms with E-state index >= 15 is 0 Å². The molecule has 3 rings (SSSR count). The summed E-state index contributed by atoms with van der Waals surface area (Å²) in [5.74, 6) is 0.308. The molecule has 1 aliphatic heterocycles. The van der Waals surface area contributed by atoms with Gasteiger partial charge in [0.25, 0.3) is 0 Å². The van der Waals surface area contributed by atoms with E-state index in [0.29, 0.717) is 17.0 Å². The SMILES string of the molecule is CC[C@H]1O[C@@H](n2cnc3c(NC(=O)OC(C)(C)C)ncnc32)CC1O[Si](C)(C)C(C)(C)C. The fraction of sp³-hybridized carbons (Fsp3) is 0.727. The molecule has 1 unspecified atom stereocenters. The number of carbonyl (C=O) groups is 1. The van der Waals surface area contributed by atoms with E-state index in [-0.39, 0.29) is 23.5 Å². The lowest BCUT2D eigenvalue weighted by molar-refractivity contribution is -0.0162. The molecular weight excluding hydrogens is 426 g/mol. The molecule has 0 aromatic carbocycles. The molecule has 1 amide bonds. The lowest BCUT2D eigenvalue weighted by atomic mass is 10.1. The summed E-state index contributed by atoms with van der Waals surface area (Å²) in [5.41, 5.74) is 0.476. The Labute approximate surface area is 191 Å². The van der Waals surface area contributed by atoms with Crippen molar-refractivity contribution >= 4 is 31.4 Å². The average Bonchev–Trinajstić information content (AvgIpc) is 3.23. The lowest BCUT2D eigenvalue weighted by Gasteiger charge is -2.39. The summed E-state index contributed by atoms with van der Waals surface area (Å²) in [6, 6.07) is 0. The van der Waals surface area contributed by atoms with E-state index in [1.54, 1.807) is 27.1 Å². The highest BCUT2D eigenvalue weighted by atomic mass is 28.4. The maximum Gasteiger partial charge on any atom is 0.413 e. The molecule has 0 radical (unpaired) electrons. The minimum absolute atomic E-state index is 0.00720. The molecule has 9 nitrogen and oxygen atoms in total. The summed E-state index contributed by atoms with van der Waals surface area (Å²) < 4.78 is 20.3. The maximum absolute atomic E-state index is 12.2. The highest BCUT2D eigenvalue weighted by molar-refractivity contribution is 6.74. The van der Waals surface area contributed by atoms with Gasteiger partial charge in [0.15, 0.2) is 25.3 Å². The summed E-state index contributed by atoms with van der Waals surface area (Å²) in [5, 5.41) is 2.80. The molecule has 2 aromatic heterocycles. The number of carbonyl (C=O) groups excluding carboxylic acids is 1. The maximum atomic E-state index is 12.2. The van der Waals surface area contributed by atoms with Gasteiger partial charge in [-0.15, -0.1) is 0 Å². The summed E-state index contributed by atoms with van der Waals surface area (Å²) in [7, 11) is -1.94. The van der Waals surface area contributed by atoms with Crippen LogP contribution >= 0.6 is 0 Å². The Morgan fingerprint density at radius 1 is 1.22 bits per heavy atom. The van der Waals surface area contributed by atoms with Crippen molar-refractivity contribution in [1.82, 2.24) is 19.5 Å². The molecule has 0 aliphatic carbocycles. The third-order valence-electron chi connectivity index (χ3n) is 6.12. The number of imidazole rings is 1. The normalized spacial score (nSPS) is 22.3. The van der Waals surface area contributed by atoms with Crippen LogP contribution in [-0.4, -0.2) is 51.7 Å². The second-order valence-corrected chi connectivity index (χ2v) is 15.6. The van der Waals surface area contributed by atoms with Gasteiger partial charge in [-0.3, -0.25) is 9.88 Å². The first kappa shape index (κ1) is 24.6. The molecule has 1 aliphatic rings. The van der Waals surface area contributed by atoms with Gasteiger partial charge in [0.2, 0.25) is 0 Å². The molecule has 0 bridgehead atoms. The van der Waals surface area contributed by atoms with Crippen LogP contribution in [0.15, 0.2) is 12.7 Å². The number of hydrogen-bond acceptors (Lipinski definition) is 7. The average molecular weight is 464 g/mol. The minimum Gasteiger partial charge on any atom is -0.444 e. The van der Waals surface area contributed by atoms with Crippen molar-refractivity contribution in [3.8, 4) is 0 Å². The van der Waals surface area contributed by atoms with Crippen molar-refractivity contribution in [3.05, 3.63) is 12.7 Å². The molecule has 3 heterocycles. The summed E-state index contributed by atoms with van der Waals surface area (Å²) in [4.78, 5) is 25.2. The van der Waals surface area contributed by atoms with Gasteiger partial charge in [-0.2, -0.15) is 0 Å². The van der Waals surface area contributed by atoms with Gasteiger partial charge in [0.05, 0.1) is 18.5 Å². The van der Waals surface area contributed by atoms with Crippen LogP contribution in [0.25, 0.3) is 11.2 Å². The summed E-state index contributed by atoms with van der Waals surface area (Å²) >= 11 is 0. The predicted molar refractivity (Wildman–Crippen MR) is 126 cm³/mol. The zero-order valence-electron chi connectivity index (χ0n) is 20.7. The molecule has 178 valence electrons. The Kier molecular flexibility index (Phi) is 6.70. The number of ether oxygens (including phenoxy) is 2. The number of rotatable bonds is 5. The van der Waals surface area contributed by atoms with Gasteiger partial charge < -0.3 is 13.9 Å². The smallest absolute Gasteiger partial charge is 0.413 e. The van der Waals surface area contributed by atoms with E-state index in [9.17, 15) is 4.79 Å². The first-order chi connectivity index (χ1) is 14.7. The zero-order chi connectivity index (χ0) is 23.9. The van der Waals surface area contributed by atoms with E-state index in [1.165, 1.54) is 6.33 Å². The van der Waals surface area contributed by atoms with Crippen molar-refractivity contribution in [1.29, 1.82) is 0 Å². The van der Waals surface area contributed by atoms with Crippen molar-refractivity contribution in [2.24, 2.45) is 0 Å². The molecule has 10 heteroatoms. The third kappa shape index (κ3) is 5.29. The highest BCUT2D eigenvalue weighted by Gasteiger charge is 2.44. The van der Waals surface area contributed by atoms with Gasteiger partial charge in [0, 0.05) is 6.42 Å². The lowest BCUT2D eigenvalue weighted by Crippen LogP contribution is -2.45. The molecule has 2 aromatic rings. The number of nitrogens with one attached hydrogen (secondary N) is 1. The predicted octanol–water partition coefficient (Wildman–Crippen LogP) is 5.26. The first-order valence-electron chi connectivity index (χ1n) is 11.2. The van der Waals surface area contributed by atoms with Crippen LogP contribution in [0, 0.1) is 0 Å². The van der Waals surface area contributed by atoms with Crippen molar-refractivity contribution in [3.63, 3.8) is 0 Å². The largest absolute Gasteiger partial charge is 0.444 e. The van der Waals surface area contributed by atoms with E-state index in [2.05, 4.69) is 61.1 Å². The first-order valence-corrected chi connectivity index (χ1v) is 14.1. The summed E-state index contributed by atoms with van der Waals surface area (Å²) in [6.45, 7) is 18.8.